The zero-order valence-corrected chi connectivity index (χ0v) is 14.3. The van der Waals surface area contributed by atoms with E-state index in [9.17, 15) is 9.90 Å². The lowest BCUT2D eigenvalue weighted by molar-refractivity contribution is 0.0859. The highest BCUT2D eigenvalue weighted by Gasteiger charge is 2.32. The number of aromatic nitrogens is 2. The fraction of sp³-hybridized carbons (Fsp3) is 0.200. The topological polar surface area (TPSA) is 87.2 Å². The van der Waals surface area contributed by atoms with E-state index in [1.54, 1.807) is 7.11 Å². The maximum absolute atomic E-state index is 12.9. The number of H-pyrrole nitrogens is 1. The number of methoxy groups -OCH3 is 1. The van der Waals surface area contributed by atoms with Crippen LogP contribution in [0.15, 0.2) is 54.7 Å². The van der Waals surface area contributed by atoms with Crippen LogP contribution in [0.3, 0.4) is 0 Å². The van der Waals surface area contributed by atoms with E-state index in [0.717, 1.165) is 16.7 Å². The fourth-order valence-electron chi connectivity index (χ4n) is 3.42. The Bertz CT molecular complexity index is 951. The van der Waals surface area contributed by atoms with Crippen LogP contribution in [0.4, 0.5) is 0 Å². The Hall–Kier alpha value is -3.12. The number of aliphatic hydroxyl groups excluding tert-OH is 1. The average molecular weight is 349 g/mol. The van der Waals surface area contributed by atoms with Crippen LogP contribution in [0, 0.1) is 0 Å². The van der Waals surface area contributed by atoms with Gasteiger partial charge >= 0.3 is 0 Å². The number of ether oxygens (including phenoxy) is 1. The molecule has 3 aromatic rings. The summed E-state index contributed by atoms with van der Waals surface area (Å²) in [5, 5.41) is 20.2. The molecule has 2 atom stereocenters. The average Bonchev–Trinajstić information content (AvgIpc) is 3.27. The summed E-state index contributed by atoms with van der Waals surface area (Å²) in [4.78, 5) is 12.9. The highest BCUT2D eigenvalue weighted by molar-refractivity contribution is 6.00. The van der Waals surface area contributed by atoms with E-state index < -0.39 is 12.1 Å². The molecule has 0 bridgehead atoms. The Morgan fingerprint density at radius 1 is 1.27 bits per heavy atom. The summed E-state index contributed by atoms with van der Waals surface area (Å²) >= 11 is 0. The minimum absolute atomic E-state index is 0.280. The van der Waals surface area contributed by atoms with Gasteiger partial charge in [0.15, 0.2) is 0 Å². The van der Waals surface area contributed by atoms with Crippen LogP contribution in [0.25, 0.3) is 11.3 Å². The van der Waals surface area contributed by atoms with Crippen LogP contribution >= 0.6 is 0 Å². The third kappa shape index (κ3) is 2.84. The smallest absolute Gasteiger partial charge is 0.255 e. The third-order valence-corrected chi connectivity index (χ3v) is 4.73. The molecule has 0 saturated heterocycles. The molecule has 2 aromatic carbocycles. The van der Waals surface area contributed by atoms with Crippen molar-refractivity contribution in [3.63, 3.8) is 0 Å². The van der Waals surface area contributed by atoms with Gasteiger partial charge in [-0.3, -0.25) is 9.89 Å². The molecule has 0 unspecified atom stereocenters. The number of aliphatic hydroxyl groups is 1. The number of benzene rings is 2. The molecular weight excluding hydrogens is 330 g/mol. The molecule has 1 amide bonds. The van der Waals surface area contributed by atoms with E-state index in [4.69, 9.17) is 4.74 Å². The molecule has 1 aliphatic rings. The monoisotopic (exact) mass is 349 g/mol. The van der Waals surface area contributed by atoms with Crippen molar-refractivity contribution in [1.29, 1.82) is 0 Å². The van der Waals surface area contributed by atoms with Gasteiger partial charge in [-0.25, -0.2) is 0 Å². The highest BCUT2D eigenvalue weighted by atomic mass is 16.5. The van der Waals surface area contributed by atoms with Crippen molar-refractivity contribution in [1.82, 2.24) is 15.5 Å². The second-order valence-electron chi connectivity index (χ2n) is 6.31. The number of fused-ring (bicyclic) bond motifs is 1. The van der Waals surface area contributed by atoms with Gasteiger partial charge in [-0.2, -0.15) is 5.10 Å². The number of rotatable bonds is 4. The van der Waals surface area contributed by atoms with E-state index in [2.05, 4.69) is 15.5 Å². The van der Waals surface area contributed by atoms with Crippen LogP contribution in [0.5, 0.6) is 5.75 Å². The van der Waals surface area contributed by atoms with E-state index in [0.29, 0.717) is 23.4 Å². The summed E-state index contributed by atoms with van der Waals surface area (Å²) in [5.74, 6) is 0.418. The van der Waals surface area contributed by atoms with E-state index >= 15 is 0 Å². The number of nitrogens with zero attached hydrogens (tertiary/aromatic N) is 1. The van der Waals surface area contributed by atoms with E-state index in [1.807, 2.05) is 48.5 Å². The molecule has 6 heteroatoms. The van der Waals surface area contributed by atoms with Crippen molar-refractivity contribution in [2.75, 3.05) is 7.11 Å². The SMILES string of the molecule is COc1cccc(-c2[nH]ncc2C(=O)N[C@@H]2c3ccccc3C[C@@H]2O)c1. The molecule has 3 N–H and O–H groups in total. The maximum Gasteiger partial charge on any atom is 0.255 e. The Morgan fingerprint density at radius 2 is 2.12 bits per heavy atom. The molecule has 0 fully saturated rings. The van der Waals surface area contributed by atoms with Crippen molar-refractivity contribution in [3.05, 3.63) is 71.4 Å². The third-order valence-electron chi connectivity index (χ3n) is 4.73. The number of carbonyl (C=O) groups excluding carboxylic acids is 1. The summed E-state index contributed by atoms with van der Waals surface area (Å²) < 4.78 is 5.25. The number of hydrogen-bond acceptors (Lipinski definition) is 4. The van der Waals surface area contributed by atoms with Crippen LogP contribution in [-0.2, 0) is 6.42 Å². The fourth-order valence-corrected chi connectivity index (χ4v) is 3.42. The largest absolute Gasteiger partial charge is 0.497 e. The molecule has 4 rings (SSSR count). The summed E-state index contributed by atoms with van der Waals surface area (Å²) in [6, 6.07) is 14.8. The zero-order chi connectivity index (χ0) is 18.1. The van der Waals surface area contributed by atoms with Crippen LogP contribution < -0.4 is 10.1 Å². The molecule has 132 valence electrons. The van der Waals surface area contributed by atoms with E-state index in [-0.39, 0.29) is 5.91 Å². The van der Waals surface area contributed by atoms with Crippen molar-refractivity contribution in [2.24, 2.45) is 0 Å². The first-order chi connectivity index (χ1) is 12.7. The lowest BCUT2D eigenvalue weighted by Gasteiger charge is -2.18. The summed E-state index contributed by atoms with van der Waals surface area (Å²) in [6.45, 7) is 0. The minimum atomic E-state index is -0.636. The summed E-state index contributed by atoms with van der Waals surface area (Å²) in [5.41, 5.74) is 3.86. The van der Waals surface area contributed by atoms with Gasteiger partial charge < -0.3 is 15.2 Å². The molecule has 1 heterocycles. The normalized spacial score (nSPS) is 18.4. The molecule has 1 aliphatic carbocycles. The quantitative estimate of drug-likeness (QED) is 0.675. The number of amides is 1. The Labute approximate surface area is 150 Å². The number of nitrogens with one attached hydrogen (secondary N) is 2. The first-order valence-electron chi connectivity index (χ1n) is 8.42. The Balaban J connectivity index is 1.61. The second-order valence-corrected chi connectivity index (χ2v) is 6.31. The van der Waals surface area contributed by atoms with Crippen molar-refractivity contribution in [3.8, 4) is 17.0 Å². The predicted octanol–water partition coefficient (Wildman–Crippen LogP) is 2.47. The maximum atomic E-state index is 12.9. The van der Waals surface area contributed by atoms with Gasteiger partial charge in [-0.15, -0.1) is 0 Å². The van der Waals surface area contributed by atoms with Crippen LogP contribution in [0.2, 0.25) is 0 Å². The molecule has 26 heavy (non-hydrogen) atoms. The lowest BCUT2D eigenvalue weighted by Crippen LogP contribution is -2.33. The van der Waals surface area contributed by atoms with Crippen molar-refractivity contribution < 1.29 is 14.6 Å². The molecule has 1 aromatic heterocycles. The number of aromatic amines is 1. The van der Waals surface area contributed by atoms with Crippen LogP contribution in [-0.4, -0.2) is 34.4 Å². The van der Waals surface area contributed by atoms with Gasteiger partial charge in [-0.1, -0.05) is 36.4 Å². The van der Waals surface area contributed by atoms with Gasteiger partial charge in [0.1, 0.15) is 5.75 Å². The number of carbonyl (C=O) groups is 1. The van der Waals surface area contributed by atoms with Gasteiger partial charge in [0.2, 0.25) is 0 Å². The predicted molar refractivity (Wildman–Crippen MR) is 96.9 cm³/mol. The first kappa shape index (κ1) is 16.4. The Morgan fingerprint density at radius 3 is 2.96 bits per heavy atom. The zero-order valence-electron chi connectivity index (χ0n) is 14.3. The summed E-state index contributed by atoms with van der Waals surface area (Å²) in [7, 11) is 1.60. The van der Waals surface area contributed by atoms with Crippen molar-refractivity contribution in [2.45, 2.75) is 18.6 Å². The van der Waals surface area contributed by atoms with E-state index in [1.165, 1.54) is 6.20 Å². The molecule has 0 saturated carbocycles. The first-order valence-corrected chi connectivity index (χ1v) is 8.42. The molecular formula is C20H19N3O3. The van der Waals surface area contributed by atoms with Gasteiger partial charge in [0.25, 0.3) is 5.91 Å². The molecule has 0 aliphatic heterocycles. The standard InChI is InChI=1S/C20H19N3O3/c1-26-14-7-4-6-13(9-14)18-16(11-21-23-18)20(25)22-19-15-8-3-2-5-12(15)10-17(19)24/h2-9,11,17,19,24H,10H2,1H3,(H,21,23)(H,22,25)/t17-,19+/m0/s1. The van der Waals surface area contributed by atoms with Gasteiger partial charge in [-0.05, 0) is 23.3 Å². The summed E-state index contributed by atoms with van der Waals surface area (Å²) in [6.07, 6.45) is 1.40. The highest BCUT2D eigenvalue weighted by Crippen LogP contribution is 2.32. The van der Waals surface area contributed by atoms with Gasteiger partial charge in [0, 0.05) is 12.0 Å². The minimum Gasteiger partial charge on any atom is -0.497 e. The molecule has 0 radical (unpaired) electrons. The second kappa shape index (κ2) is 6.65. The van der Waals surface area contributed by atoms with Gasteiger partial charge in [0.05, 0.1) is 36.7 Å². The lowest BCUT2D eigenvalue weighted by atomic mass is 10.1. The van der Waals surface area contributed by atoms with Crippen molar-refractivity contribution >= 4 is 5.91 Å². The Kier molecular flexibility index (Phi) is 4.18. The van der Waals surface area contributed by atoms with Crippen LogP contribution in [0.1, 0.15) is 27.5 Å². The number of hydrogen-bond donors (Lipinski definition) is 3. The molecule has 6 nitrogen and oxygen atoms in total. The molecule has 0 spiro atoms.